The van der Waals surface area contributed by atoms with Gasteiger partial charge in [-0.15, -0.1) is 0 Å². The number of hydroxylamine groups is 1. The van der Waals surface area contributed by atoms with Gasteiger partial charge < -0.3 is 9.16 Å². The molecule has 1 amide bonds. The number of amides is 1. The van der Waals surface area contributed by atoms with Crippen LogP contribution in [0.1, 0.15) is 13.3 Å². The molecule has 0 radical (unpaired) electrons. The summed E-state index contributed by atoms with van der Waals surface area (Å²) < 4.78 is 11.1. The Morgan fingerprint density at radius 3 is 2.46 bits per heavy atom. The Labute approximate surface area is 80.3 Å². The van der Waals surface area contributed by atoms with E-state index in [2.05, 4.69) is 0 Å². The van der Waals surface area contributed by atoms with Crippen LogP contribution >= 0.6 is 0 Å². The Balaban J connectivity index is 3.99. The maximum absolute atomic E-state index is 11.3. The molecule has 0 fully saturated rings. The van der Waals surface area contributed by atoms with E-state index in [1.165, 1.54) is 11.8 Å². The van der Waals surface area contributed by atoms with Crippen LogP contribution < -0.4 is 0 Å². The third-order valence-electron chi connectivity index (χ3n) is 1.48. The summed E-state index contributed by atoms with van der Waals surface area (Å²) in [6, 6.07) is 0. The second-order valence-electron chi connectivity index (χ2n) is 2.46. The second-order valence-corrected chi connectivity index (χ2v) is 4.60. The van der Waals surface area contributed by atoms with Gasteiger partial charge in [0.05, 0.1) is 13.7 Å². The summed E-state index contributed by atoms with van der Waals surface area (Å²) in [5.74, 6) is 0. The average molecular weight is 207 g/mol. The molecular weight excluding hydrogens is 190 g/mol. The topological polar surface area (TPSA) is 48.0 Å². The first-order valence-corrected chi connectivity index (χ1v) is 6.34. The van der Waals surface area contributed by atoms with E-state index < -0.39 is 15.3 Å². The Hall–Kier alpha value is -0.593. The number of nitrogens with zero attached hydrogens (tertiary/aromatic N) is 1. The molecule has 0 bridgehead atoms. The first kappa shape index (κ1) is 12.4. The second kappa shape index (κ2) is 6.87. The van der Waals surface area contributed by atoms with Crippen LogP contribution in [0.4, 0.5) is 4.79 Å². The zero-order chi connectivity index (χ0) is 10.3. The third-order valence-corrected chi connectivity index (χ3v) is 3.24. The van der Waals surface area contributed by atoms with E-state index in [0.29, 0.717) is 6.61 Å². The summed E-state index contributed by atoms with van der Waals surface area (Å²) >= 11 is 0. The van der Waals surface area contributed by atoms with E-state index >= 15 is 0 Å². The van der Waals surface area contributed by atoms with Crippen molar-refractivity contribution < 1.29 is 18.8 Å². The molecule has 0 heterocycles. The van der Waals surface area contributed by atoms with Gasteiger partial charge in [-0.3, -0.25) is 4.84 Å². The molecular formula is C7H17NO4Si. The van der Waals surface area contributed by atoms with Crippen LogP contribution in [0.3, 0.4) is 0 Å². The van der Waals surface area contributed by atoms with Crippen LogP contribution in [-0.4, -0.2) is 40.9 Å². The molecule has 0 N–H and O–H groups in total. The molecule has 0 aromatic heterocycles. The highest BCUT2D eigenvalue weighted by Gasteiger charge is 2.22. The number of carbonyl (C=O) groups is 1. The minimum Gasteiger partial charge on any atom is -0.448 e. The summed E-state index contributed by atoms with van der Waals surface area (Å²) in [5, 5.41) is 0. The van der Waals surface area contributed by atoms with Crippen molar-refractivity contribution in [2.24, 2.45) is 0 Å². The van der Waals surface area contributed by atoms with Gasteiger partial charge >= 0.3 is 15.3 Å². The molecule has 0 spiro atoms. The Bertz CT molecular complexity index is 155. The minimum absolute atomic E-state index is 0.406. The average Bonchev–Trinajstić information content (AvgIpc) is 2.15. The van der Waals surface area contributed by atoms with Crippen molar-refractivity contribution in [3.63, 3.8) is 0 Å². The van der Waals surface area contributed by atoms with Crippen LogP contribution in [-0.2, 0) is 14.0 Å². The van der Waals surface area contributed by atoms with Gasteiger partial charge in [-0.1, -0.05) is 6.92 Å². The highest BCUT2D eigenvalue weighted by molar-refractivity contribution is 6.49. The quantitative estimate of drug-likeness (QED) is 0.496. The van der Waals surface area contributed by atoms with Crippen molar-refractivity contribution in [2.75, 3.05) is 20.8 Å². The molecule has 13 heavy (non-hydrogen) atoms. The van der Waals surface area contributed by atoms with Crippen molar-refractivity contribution >= 4 is 15.3 Å². The molecule has 0 aromatic carbocycles. The predicted molar refractivity (Wildman–Crippen MR) is 50.5 cm³/mol. The Kier molecular flexibility index (Phi) is 6.56. The van der Waals surface area contributed by atoms with Gasteiger partial charge in [-0.25, -0.2) is 4.79 Å². The molecule has 1 atom stereocenters. The lowest BCUT2D eigenvalue weighted by molar-refractivity contribution is -0.0583. The lowest BCUT2D eigenvalue weighted by Gasteiger charge is -2.22. The lowest BCUT2D eigenvalue weighted by atomic mass is 10.5. The highest BCUT2D eigenvalue weighted by atomic mass is 28.3. The first-order chi connectivity index (χ1) is 6.17. The van der Waals surface area contributed by atoms with E-state index in [1.807, 2.05) is 13.5 Å². The number of carbonyl (C=O) groups excluding carboxylic acids is 1. The van der Waals surface area contributed by atoms with Gasteiger partial charge in [0.2, 0.25) is 0 Å². The first-order valence-electron chi connectivity index (χ1n) is 4.20. The number of ether oxygens (including phenoxy) is 1. The fourth-order valence-corrected chi connectivity index (χ4v) is 1.58. The van der Waals surface area contributed by atoms with Gasteiger partial charge in [-0.05, 0) is 13.0 Å². The molecule has 0 rings (SSSR count). The summed E-state index contributed by atoms with van der Waals surface area (Å²) in [6.45, 7) is 4.17. The lowest BCUT2D eigenvalue weighted by Crippen LogP contribution is -2.42. The minimum atomic E-state index is -1.76. The van der Waals surface area contributed by atoms with Gasteiger partial charge in [0.1, 0.15) is 0 Å². The summed E-state index contributed by atoms with van der Waals surface area (Å²) in [4.78, 5) is 16.1. The van der Waals surface area contributed by atoms with E-state index in [1.54, 1.807) is 7.11 Å². The third kappa shape index (κ3) is 4.25. The number of hydrogen-bond acceptors (Lipinski definition) is 4. The Morgan fingerprint density at radius 1 is 1.46 bits per heavy atom. The highest BCUT2D eigenvalue weighted by Crippen LogP contribution is 2.00. The van der Waals surface area contributed by atoms with Crippen LogP contribution in [0.15, 0.2) is 0 Å². The van der Waals surface area contributed by atoms with E-state index in [0.717, 1.165) is 6.42 Å². The van der Waals surface area contributed by atoms with E-state index in [-0.39, 0.29) is 0 Å². The van der Waals surface area contributed by atoms with Gasteiger partial charge in [-0.2, -0.15) is 4.73 Å². The Morgan fingerprint density at radius 2 is 2.08 bits per heavy atom. The van der Waals surface area contributed by atoms with Gasteiger partial charge in [0, 0.05) is 7.11 Å². The van der Waals surface area contributed by atoms with Crippen molar-refractivity contribution in [1.29, 1.82) is 0 Å². The normalized spacial score (nSPS) is 12.3. The molecule has 0 aliphatic rings. The summed E-state index contributed by atoms with van der Waals surface area (Å²) in [7, 11) is 1.22. The zero-order valence-corrected chi connectivity index (χ0v) is 9.73. The maximum atomic E-state index is 11.3. The monoisotopic (exact) mass is 207 g/mol. The molecule has 0 aliphatic heterocycles. The zero-order valence-electron chi connectivity index (χ0n) is 8.57. The van der Waals surface area contributed by atoms with Crippen molar-refractivity contribution in [1.82, 2.24) is 4.73 Å². The standard InChI is InChI=1S/C7H17NO4Si/c1-5-6-12-7(9)8(10-2)13(4)11-3/h13H,5-6H2,1-4H3. The van der Waals surface area contributed by atoms with E-state index in [9.17, 15) is 4.79 Å². The molecule has 0 saturated heterocycles. The van der Waals surface area contributed by atoms with Crippen LogP contribution in [0.25, 0.3) is 0 Å². The number of hydrogen-bond donors (Lipinski definition) is 0. The predicted octanol–water partition coefficient (Wildman–Crippen LogP) is 0.893. The molecule has 0 aliphatic carbocycles. The molecule has 5 nitrogen and oxygen atoms in total. The largest absolute Gasteiger partial charge is 0.448 e. The van der Waals surface area contributed by atoms with Crippen LogP contribution in [0.5, 0.6) is 0 Å². The molecule has 1 unspecified atom stereocenters. The molecule has 0 saturated carbocycles. The van der Waals surface area contributed by atoms with Crippen LogP contribution in [0, 0.1) is 0 Å². The van der Waals surface area contributed by atoms with Gasteiger partial charge in [0.15, 0.2) is 0 Å². The fourth-order valence-electron chi connectivity index (χ4n) is 0.720. The maximum Gasteiger partial charge on any atom is 0.427 e. The summed E-state index contributed by atoms with van der Waals surface area (Å²) in [5.41, 5.74) is 0. The van der Waals surface area contributed by atoms with Gasteiger partial charge in [0.25, 0.3) is 0 Å². The van der Waals surface area contributed by atoms with Crippen molar-refractivity contribution in [2.45, 2.75) is 19.9 Å². The SMILES string of the molecule is CCCOC(=O)N(OC)[SiH](C)OC. The summed E-state index contributed by atoms with van der Waals surface area (Å²) in [6.07, 6.45) is 0.331. The smallest absolute Gasteiger partial charge is 0.427 e. The van der Waals surface area contributed by atoms with Crippen molar-refractivity contribution in [3.05, 3.63) is 0 Å². The number of rotatable bonds is 5. The fraction of sp³-hybridized carbons (Fsp3) is 0.857. The van der Waals surface area contributed by atoms with Crippen molar-refractivity contribution in [3.8, 4) is 0 Å². The van der Waals surface area contributed by atoms with Crippen LogP contribution in [0.2, 0.25) is 6.55 Å². The molecule has 78 valence electrons. The molecule has 0 aromatic rings. The molecule has 6 heteroatoms. The van der Waals surface area contributed by atoms with E-state index in [4.69, 9.17) is 14.0 Å².